The molecule has 31 heavy (non-hydrogen) atoms. The number of carbonyl (C=O) groups is 1. The molecule has 6 atom stereocenters. The Balaban J connectivity index is 1.34. The highest BCUT2D eigenvalue weighted by molar-refractivity contribution is 5.73. The van der Waals surface area contributed by atoms with Crippen molar-refractivity contribution in [3.05, 3.63) is 65.2 Å². The topological polar surface area (TPSA) is 55.8 Å². The summed E-state index contributed by atoms with van der Waals surface area (Å²) in [5, 5.41) is 11.0. The highest BCUT2D eigenvalue weighted by Gasteiger charge is 2.59. The first-order valence-electron chi connectivity index (χ1n) is 11.6. The van der Waals surface area contributed by atoms with Gasteiger partial charge < -0.3 is 14.6 Å². The second-order valence-corrected chi connectivity index (χ2v) is 9.91. The van der Waals surface area contributed by atoms with Gasteiger partial charge in [-0.25, -0.2) is 0 Å². The molecule has 3 aliphatic rings. The van der Waals surface area contributed by atoms with Gasteiger partial charge in [0, 0.05) is 0 Å². The molecule has 0 radical (unpaired) electrons. The fourth-order valence-electron chi connectivity index (χ4n) is 6.79. The second kappa shape index (κ2) is 7.98. The monoisotopic (exact) mass is 420 g/mol. The van der Waals surface area contributed by atoms with Gasteiger partial charge >= 0.3 is 5.97 Å². The Hall–Kier alpha value is -2.33. The van der Waals surface area contributed by atoms with E-state index in [0.29, 0.717) is 24.4 Å². The molecule has 0 aromatic heterocycles. The predicted molar refractivity (Wildman–Crippen MR) is 119 cm³/mol. The number of aryl methyl sites for hydroxylation is 1. The molecule has 0 bridgehead atoms. The summed E-state index contributed by atoms with van der Waals surface area (Å²) in [6, 6.07) is 16.9. The standard InChI is InChI=1S/C27H32O4/c1-27-13-12-21-20-11-9-19(31-16-17-6-4-3-5-7-17)14-18(20)8-10-22(21)24(27)15-23(25(27)28)26(29)30-2/h3-7,9,11,14,21-25,28H,8,10,12-13,15-16H2,1-2H3/t21-,22-,23+,24+,25+,27+/m1/s1. The van der Waals surface area contributed by atoms with Gasteiger partial charge in [-0.3, -0.25) is 4.79 Å². The molecule has 2 saturated carbocycles. The summed E-state index contributed by atoms with van der Waals surface area (Å²) in [6.07, 6.45) is 4.32. The van der Waals surface area contributed by atoms with Crippen LogP contribution >= 0.6 is 0 Å². The van der Waals surface area contributed by atoms with Gasteiger partial charge in [0.2, 0.25) is 0 Å². The maximum absolute atomic E-state index is 12.3. The quantitative estimate of drug-likeness (QED) is 0.716. The van der Waals surface area contributed by atoms with Crippen LogP contribution in [0.4, 0.5) is 0 Å². The van der Waals surface area contributed by atoms with E-state index in [0.717, 1.165) is 37.9 Å². The average Bonchev–Trinajstić information content (AvgIpc) is 3.08. The zero-order valence-corrected chi connectivity index (χ0v) is 18.4. The van der Waals surface area contributed by atoms with Gasteiger partial charge in [0.1, 0.15) is 12.4 Å². The van der Waals surface area contributed by atoms with Crippen molar-refractivity contribution in [2.45, 2.75) is 57.7 Å². The third-order valence-electron chi connectivity index (χ3n) is 8.45. The van der Waals surface area contributed by atoms with Gasteiger partial charge in [-0.2, -0.15) is 0 Å². The average molecular weight is 421 g/mol. The number of benzene rings is 2. The van der Waals surface area contributed by atoms with Crippen LogP contribution in [-0.4, -0.2) is 24.3 Å². The highest BCUT2D eigenvalue weighted by Crippen LogP contribution is 2.62. The van der Waals surface area contributed by atoms with E-state index in [4.69, 9.17) is 9.47 Å². The van der Waals surface area contributed by atoms with Gasteiger partial charge in [-0.1, -0.05) is 43.3 Å². The molecular formula is C27H32O4. The molecule has 4 nitrogen and oxygen atoms in total. The van der Waals surface area contributed by atoms with E-state index in [1.165, 1.54) is 23.8 Å². The fourth-order valence-corrected chi connectivity index (χ4v) is 6.79. The Morgan fingerprint density at radius 3 is 2.74 bits per heavy atom. The normalized spacial score (nSPS) is 33.7. The first kappa shape index (κ1) is 20.6. The largest absolute Gasteiger partial charge is 0.489 e. The smallest absolute Gasteiger partial charge is 0.311 e. The first-order chi connectivity index (χ1) is 15.0. The number of methoxy groups -OCH3 is 1. The minimum absolute atomic E-state index is 0.184. The van der Waals surface area contributed by atoms with E-state index in [2.05, 4.69) is 37.3 Å². The summed E-state index contributed by atoms with van der Waals surface area (Å²) in [5.74, 6) is 1.70. The molecule has 0 heterocycles. The van der Waals surface area contributed by atoms with Crippen molar-refractivity contribution in [3.63, 3.8) is 0 Å². The molecule has 0 amide bonds. The number of aliphatic hydroxyl groups excluding tert-OH is 1. The lowest BCUT2D eigenvalue weighted by Gasteiger charge is -2.50. The summed E-state index contributed by atoms with van der Waals surface area (Å²) >= 11 is 0. The molecule has 1 N–H and O–H groups in total. The van der Waals surface area contributed by atoms with Crippen molar-refractivity contribution in [1.82, 2.24) is 0 Å². The first-order valence-corrected chi connectivity index (χ1v) is 11.6. The SMILES string of the molecule is COC(=O)[C@H]1C[C@H]2[C@@H]3CCc4cc(OCc5ccccc5)ccc4[C@H]3CC[C@]2(C)[C@H]1O. The molecule has 2 fully saturated rings. The maximum Gasteiger partial charge on any atom is 0.311 e. The minimum Gasteiger partial charge on any atom is -0.489 e. The van der Waals surface area contributed by atoms with Crippen LogP contribution in [0.3, 0.4) is 0 Å². The third-order valence-corrected chi connectivity index (χ3v) is 8.45. The van der Waals surface area contributed by atoms with E-state index in [9.17, 15) is 9.90 Å². The van der Waals surface area contributed by atoms with E-state index in [1.54, 1.807) is 0 Å². The van der Waals surface area contributed by atoms with Crippen molar-refractivity contribution in [2.75, 3.05) is 7.11 Å². The van der Waals surface area contributed by atoms with Crippen molar-refractivity contribution >= 4 is 5.97 Å². The molecule has 2 aromatic rings. The zero-order chi connectivity index (χ0) is 21.6. The van der Waals surface area contributed by atoms with E-state index in [1.807, 2.05) is 18.2 Å². The molecule has 0 saturated heterocycles. The van der Waals surface area contributed by atoms with Crippen LogP contribution in [0.2, 0.25) is 0 Å². The van der Waals surface area contributed by atoms with Crippen molar-refractivity contribution in [2.24, 2.45) is 23.2 Å². The number of hydrogen-bond donors (Lipinski definition) is 1. The summed E-state index contributed by atoms with van der Waals surface area (Å²) in [5.41, 5.74) is 3.84. The van der Waals surface area contributed by atoms with Crippen LogP contribution in [0.25, 0.3) is 0 Å². The van der Waals surface area contributed by atoms with Crippen LogP contribution in [0.1, 0.15) is 55.2 Å². The number of fused-ring (bicyclic) bond motifs is 5. The molecule has 0 aliphatic heterocycles. The summed E-state index contributed by atoms with van der Waals surface area (Å²) in [7, 11) is 1.43. The lowest BCUT2D eigenvalue weighted by Crippen LogP contribution is -2.44. The molecule has 0 unspecified atom stereocenters. The zero-order valence-electron chi connectivity index (χ0n) is 18.4. The lowest BCUT2D eigenvalue weighted by molar-refractivity contribution is -0.150. The number of hydrogen-bond acceptors (Lipinski definition) is 4. The van der Waals surface area contributed by atoms with Gasteiger partial charge in [0.25, 0.3) is 0 Å². The van der Waals surface area contributed by atoms with Gasteiger partial charge in [0.05, 0.1) is 19.1 Å². The summed E-state index contributed by atoms with van der Waals surface area (Å²) in [6.45, 7) is 2.77. The van der Waals surface area contributed by atoms with Gasteiger partial charge in [-0.15, -0.1) is 0 Å². The van der Waals surface area contributed by atoms with Crippen LogP contribution < -0.4 is 4.74 Å². The number of esters is 1. The van der Waals surface area contributed by atoms with E-state index < -0.39 is 6.10 Å². The van der Waals surface area contributed by atoms with Crippen LogP contribution in [-0.2, 0) is 22.6 Å². The molecular weight excluding hydrogens is 388 g/mol. The van der Waals surface area contributed by atoms with Gasteiger partial charge in [-0.05, 0) is 84.1 Å². The lowest BCUT2D eigenvalue weighted by atomic mass is 9.55. The van der Waals surface area contributed by atoms with Crippen LogP contribution in [0.5, 0.6) is 5.75 Å². The molecule has 4 heteroatoms. The van der Waals surface area contributed by atoms with Crippen LogP contribution in [0.15, 0.2) is 48.5 Å². The van der Waals surface area contributed by atoms with Crippen molar-refractivity contribution in [3.8, 4) is 5.75 Å². The van der Waals surface area contributed by atoms with Crippen LogP contribution in [0, 0.1) is 23.2 Å². The Labute approximate surface area is 184 Å². The molecule has 164 valence electrons. The second-order valence-electron chi connectivity index (χ2n) is 9.91. The minimum atomic E-state index is -0.596. The molecule has 2 aromatic carbocycles. The highest BCUT2D eigenvalue weighted by atomic mass is 16.5. The Morgan fingerprint density at radius 1 is 1.16 bits per heavy atom. The Morgan fingerprint density at radius 2 is 1.97 bits per heavy atom. The maximum atomic E-state index is 12.3. The molecule has 3 aliphatic carbocycles. The van der Waals surface area contributed by atoms with Crippen molar-refractivity contribution in [1.29, 1.82) is 0 Å². The van der Waals surface area contributed by atoms with Gasteiger partial charge in [0.15, 0.2) is 0 Å². The summed E-state index contributed by atoms with van der Waals surface area (Å²) < 4.78 is 11.1. The third kappa shape index (κ3) is 3.45. The molecule has 5 rings (SSSR count). The summed E-state index contributed by atoms with van der Waals surface area (Å²) in [4.78, 5) is 12.3. The fraction of sp³-hybridized carbons (Fsp3) is 0.519. The van der Waals surface area contributed by atoms with E-state index >= 15 is 0 Å². The number of ether oxygens (including phenoxy) is 2. The Kier molecular flexibility index (Phi) is 5.29. The van der Waals surface area contributed by atoms with E-state index in [-0.39, 0.29) is 17.3 Å². The Bertz CT molecular complexity index is 955. The van der Waals surface area contributed by atoms with Crippen molar-refractivity contribution < 1.29 is 19.4 Å². The number of aliphatic hydroxyl groups is 1. The number of carbonyl (C=O) groups excluding carboxylic acids is 1. The molecule has 0 spiro atoms. The number of rotatable bonds is 4. The predicted octanol–water partition coefficient (Wildman–Crippen LogP) is 4.88.